The molecule has 1 fully saturated rings. The van der Waals surface area contributed by atoms with Crippen molar-refractivity contribution in [1.82, 2.24) is 0 Å². The summed E-state index contributed by atoms with van der Waals surface area (Å²) < 4.78 is 0. The fourth-order valence-electron chi connectivity index (χ4n) is 1.92. The molecule has 0 saturated heterocycles. The Balaban J connectivity index is 0.000001000. The van der Waals surface area contributed by atoms with Gasteiger partial charge in [-0.2, -0.15) is 0 Å². The molecular weight excluding hydrogens is 127 g/mol. The van der Waals surface area contributed by atoms with E-state index in [2.05, 4.69) is 20.4 Å². The third-order valence-electron chi connectivity index (χ3n) is 2.64. The van der Waals surface area contributed by atoms with Crippen molar-refractivity contribution in [3.8, 4) is 0 Å². The van der Waals surface area contributed by atoms with Gasteiger partial charge in [0.25, 0.3) is 0 Å². The summed E-state index contributed by atoms with van der Waals surface area (Å²) in [5.41, 5.74) is 1.15. The normalized spacial score (nSPS) is 30.6. The first-order valence-corrected chi connectivity index (χ1v) is 4.22. The molecule has 2 atom stereocenters. The van der Waals surface area contributed by atoms with Gasteiger partial charge in [-0.15, -0.1) is 0 Å². The van der Waals surface area contributed by atoms with Crippen molar-refractivity contribution < 1.29 is 18.9 Å². The molecule has 1 saturated carbocycles. The molecule has 0 nitrogen and oxygen atoms in total. The maximum Gasteiger partial charge on any atom is 1.00 e. The van der Waals surface area contributed by atoms with E-state index in [0.717, 1.165) is 11.5 Å². The topological polar surface area (TPSA) is 0 Å². The van der Waals surface area contributed by atoms with E-state index in [0.29, 0.717) is 5.92 Å². The summed E-state index contributed by atoms with van der Waals surface area (Å²) in [6, 6.07) is 0. The molecule has 0 spiro atoms. The largest absolute Gasteiger partial charge is 1.00 e. The van der Waals surface area contributed by atoms with E-state index >= 15 is 0 Å². The zero-order valence-electron chi connectivity index (χ0n) is 7.90. The summed E-state index contributed by atoms with van der Waals surface area (Å²) in [5.74, 6) is 1.55. The Bertz CT molecular complexity index is 129. The van der Waals surface area contributed by atoms with Crippen LogP contribution >= 0.6 is 0 Å². The van der Waals surface area contributed by atoms with Crippen LogP contribution in [0.2, 0.25) is 0 Å². The van der Waals surface area contributed by atoms with Crippen molar-refractivity contribution in [1.29, 1.82) is 0 Å². The zero-order valence-corrected chi connectivity index (χ0v) is 7.90. The van der Waals surface area contributed by atoms with Gasteiger partial charge in [0.05, 0.1) is 0 Å². The predicted octanol–water partition coefficient (Wildman–Crippen LogP) is 0.207. The second-order valence-electron chi connectivity index (χ2n) is 3.53. The summed E-state index contributed by atoms with van der Waals surface area (Å²) in [5, 5.41) is 0. The molecule has 1 heteroatoms. The van der Waals surface area contributed by atoms with E-state index in [1.54, 1.807) is 0 Å². The number of rotatable bonds is 1. The van der Waals surface area contributed by atoms with Crippen molar-refractivity contribution in [2.24, 2.45) is 11.8 Å². The molecule has 0 amide bonds. The van der Waals surface area contributed by atoms with Crippen LogP contribution in [0.3, 0.4) is 0 Å². The number of hydrogen-bond donors (Lipinski definition) is 0. The maximum absolute atomic E-state index is 3.92. The number of allylic oxidation sites excluding steroid dienone is 1. The SMILES string of the molecule is C=C([CH2-])C1CCCCC1C.[Li+]. The van der Waals surface area contributed by atoms with Crippen LogP contribution < -0.4 is 18.9 Å². The molecule has 1 aliphatic rings. The van der Waals surface area contributed by atoms with E-state index in [1.807, 2.05) is 0 Å². The smallest absolute Gasteiger partial charge is 0.242 e. The maximum atomic E-state index is 3.92. The molecule has 1 aliphatic carbocycles. The fraction of sp³-hybridized carbons (Fsp3) is 0.700. The van der Waals surface area contributed by atoms with Gasteiger partial charge in [0.2, 0.25) is 0 Å². The van der Waals surface area contributed by atoms with Crippen LogP contribution in [0.4, 0.5) is 0 Å². The van der Waals surface area contributed by atoms with Crippen molar-refractivity contribution in [2.45, 2.75) is 32.6 Å². The summed E-state index contributed by atoms with van der Waals surface area (Å²) >= 11 is 0. The Morgan fingerprint density at radius 2 is 1.91 bits per heavy atom. The van der Waals surface area contributed by atoms with Crippen molar-refractivity contribution in [3.05, 3.63) is 19.1 Å². The van der Waals surface area contributed by atoms with E-state index in [9.17, 15) is 0 Å². The zero-order chi connectivity index (χ0) is 7.56. The monoisotopic (exact) mass is 144 g/mol. The molecule has 0 aromatic rings. The third kappa shape index (κ3) is 2.97. The van der Waals surface area contributed by atoms with Crippen LogP contribution in [0.15, 0.2) is 12.2 Å². The quantitative estimate of drug-likeness (QED) is 0.364. The van der Waals surface area contributed by atoms with Gasteiger partial charge in [0.1, 0.15) is 0 Å². The standard InChI is InChI=1S/C10H17.Li/c1-8(2)10-7-5-4-6-9(10)3;/h9-10H,1-2,4-7H2,3H3;/q-1;+1. The first-order valence-electron chi connectivity index (χ1n) is 4.22. The Morgan fingerprint density at radius 1 is 1.36 bits per heavy atom. The van der Waals surface area contributed by atoms with E-state index in [4.69, 9.17) is 0 Å². The summed E-state index contributed by atoms with van der Waals surface area (Å²) in [7, 11) is 0. The Morgan fingerprint density at radius 3 is 2.27 bits per heavy atom. The average Bonchev–Trinajstić information content (AvgIpc) is 1.88. The molecule has 1 rings (SSSR count). The Labute approximate surface area is 82.6 Å². The average molecular weight is 144 g/mol. The Kier molecular flexibility index (Phi) is 5.05. The summed E-state index contributed by atoms with van der Waals surface area (Å²) in [4.78, 5) is 0. The van der Waals surface area contributed by atoms with Gasteiger partial charge in [-0.3, -0.25) is 0 Å². The second-order valence-corrected chi connectivity index (χ2v) is 3.53. The van der Waals surface area contributed by atoms with Crippen LogP contribution in [0.5, 0.6) is 0 Å². The van der Waals surface area contributed by atoms with Gasteiger partial charge in [-0.05, 0) is 18.3 Å². The first kappa shape index (κ1) is 11.2. The van der Waals surface area contributed by atoms with E-state index < -0.39 is 0 Å². The van der Waals surface area contributed by atoms with Crippen molar-refractivity contribution >= 4 is 0 Å². The molecule has 0 radical (unpaired) electrons. The van der Waals surface area contributed by atoms with Gasteiger partial charge in [-0.1, -0.05) is 26.2 Å². The molecule has 0 bridgehead atoms. The van der Waals surface area contributed by atoms with Crippen LogP contribution in [0, 0.1) is 18.8 Å². The minimum Gasteiger partial charge on any atom is -0.242 e. The molecule has 0 N–H and O–H groups in total. The molecule has 0 heterocycles. The van der Waals surface area contributed by atoms with Gasteiger partial charge in [0.15, 0.2) is 0 Å². The van der Waals surface area contributed by atoms with Gasteiger partial charge >= 0.3 is 18.9 Å². The predicted molar refractivity (Wildman–Crippen MR) is 45.6 cm³/mol. The summed E-state index contributed by atoms with van der Waals surface area (Å²) in [6.45, 7) is 10.2. The first-order chi connectivity index (χ1) is 4.72. The van der Waals surface area contributed by atoms with Gasteiger partial charge in [0, 0.05) is 0 Å². The van der Waals surface area contributed by atoms with E-state index in [-0.39, 0.29) is 18.9 Å². The number of hydrogen-bond acceptors (Lipinski definition) is 0. The molecule has 58 valence electrons. The molecule has 2 unspecified atom stereocenters. The Hall–Kier alpha value is 0.207. The van der Waals surface area contributed by atoms with E-state index in [1.165, 1.54) is 25.7 Å². The molecular formula is C10H17Li. The summed E-state index contributed by atoms with van der Waals surface area (Å²) in [6.07, 6.45) is 5.48. The van der Waals surface area contributed by atoms with Crippen molar-refractivity contribution in [3.63, 3.8) is 0 Å². The van der Waals surface area contributed by atoms with Crippen LogP contribution in [-0.2, 0) is 0 Å². The van der Waals surface area contributed by atoms with Crippen LogP contribution in [0.25, 0.3) is 0 Å². The van der Waals surface area contributed by atoms with Gasteiger partial charge < -0.3 is 0 Å². The minimum atomic E-state index is 0. The second kappa shape index (κ2) is 4.96. The fourth-order valence-corrected chi connectivity index (χ4v) is 1.92. The molecule has 0 aromatic carbocycles. The third-order valence-corrected chi connectivity index (χ3v) is 2.64. The molecule has 11 heavy (non-hydrogen) atoms. The van der Waals surface area contributed by atoms with Crippen LogP contribution in [-0.4, -0.2) is 0 Å². The van der Waals surface area contributed by atoms with Crippen molar-refractivity contribution in [2.75, 3.05) is 0 Å². The molecule has 0 aliphatic heterocycles. The van der Waals surface area contributed by atoms with Crippen LogP contribution in [0.1, 0.15) is 32.6 Å². The van der Waals surface area contributed by atoms with Gasteiger partial charge in [-0.25, -0.2) is 19.1 Å². The minimum absolute atomic E-state index is 0. The molecule has 0 aromatic heterocycles.